The fraction of sp³-hybridized carbons (Fsp3) is 0.0588. The number of ether oxygens (including phenoxy) is 1. The quantitative estimate of drug-likeness (QED) is 0.502. The number of aryl methyl sites for hydroxylation is 1. The molecule has 0 amide bonds. The van der Waals surface area contributed by atoms with Crippen LogP contribution in [-0.2, 0) is 0 Å². The molecular weight excluding hydrogens is 330 g/mol. The maximum atomic E-state index is 11.1. The van der Waals surface area contributed by atoms with Crippen LogP contribution in [0.4, 0.5) is 5.69 Å². The maximum Gasteiger partial charge on any atom is 0.291 e. The van der Waals surface area contributed by atoms with Gasteiger partial charge in [-0.15, -0.1) is 0 Å². The fourth-order valence-electron chi connectivity index (χ4n) is 2.21. The van der Waals surface area contributed by atoms with Crippen molar-refractivity contribution in [1.82, 2.24) is 9.97 Å². The average Bonchev–Trinajstić information content (AvgIpc) is 2.58. The van der Waals surface area contributed by atoms with Crippen molar-refractivity contribution in [3.05, 3.63) is 75.7 Å². The molecule has 0 bridgehead atoms. The predicted molar refractivity (Wildman–Crippen MR) is 90.4 cm³/mol. The molecular formula is C17H12ClN3O3. The van der Waals surface area contributed by atoms with Crippen molar-refractivity contribution in [1.29, 1.82) is 0 Å². The van der Waals surface area contributed by atoms with E-state index in [9.17, 15) is 10.1 Å². The molecule has 0 radical (unpaired) electrons. The normalized spacial score (nSPS) is 10.4. The van der Waals surface area contributed by atoms with Crippen molar-refractivity contribution in [2.24, 2.45) is 0 Å². The van der Waals surface area contributed by atoms with Gasteiger partial charge in [0.1, 0.15) is 17.1 Å². The second-order valence-corrected chi connectivity index (χ2v) is 5.44. The summed E-state index contributed by atoms with van der Waals surface area (Å²) in [6.07, 6.45) is 3.00. The van der Waals surface area contributed by atoms with Gasteiger partial charge in [-0.3, -0.25) is 10.1 Å². The Bertz CT molecular complexity index is 901. The zero-order chi connectivity index (χ0) is 17.1. The van der Waals surface area contributed by atoms with Gasteiger partial charge in [-0.05, 0) is 24.1 Å². The molecule has 1 heterocycles. The molecule has 0 aliphatic carbocycles. The number of nitro benzene ring substituents is 1. The van der Waals surface area contributed by atoms with Crippen LogP contribution in [0.2, 0.25) is 5.02 Å². The van der Waals surface area contributed by atoms with E-state index in [0.717, 1.165) is 5.56 Å². The molecule has 0 aliphatic heterocycles. The molecule has 2 aromatic carbocycles. The average molecular weight is 342 g/mol. The molecule has 120 valence electrons. The van der Waals surface area contributed by atoms with Crippen LogP contribution in [0.1, 0.15) is 5.56 Å². The summed E-state index contributed by atoms with van der Waals surface area (Å²) in [4.78, 5) is 18.7. The van der Waals surface area contributed by atoms with Crippen LogP contribution in [0.5, 0.6) is 11.6 Å². The van der Waals surface area contributed by atoms with Crippen LogP contribution in [-0.4, -0.2) is 14.9 Å². The van der Waals surface area contributed by atoms with Crippen LogP contribution in [0.25, 0.3) is 11.1 Å². The van der Waals surface area contributed by atoms with Gasteiger partial charge < -0.3 is 4.74 Å². The number of hydrogen-bond donors (Lipinski definition) is 0. The summed E-state index contributed by atoms with van der Waals surface area (Å²) in [6, 6.07) is 12.3. The van der Waals surface area contributed by atoms with E-state index < -0.39 is 4.92 Å². The molecule has 0 aliphatic rings. The molecule has 0 atom stereocenters. The lowest BCUT2D eigenvalue weighted by molar-refractivity contribution is -0.384. The molecule has 24 heavy (non-hydrogen) atoms. The zero-order valence-corrected chi connectivity index (χ0v) is 13.4. The van der Waals surface area contributed by atoms with Crippen LogP contribution < -0.4 is 4.74 Å². The molecule has 0 unspecified atom stereocenters. The van der Waals surface area contributed by atoms with Crippen LogP contribution in [0, 0.1) is 17.0 Å². The van der Waals surface area contributed by atoms with Gasteiger partial charge in [0.05, 0.1) is 16.6 Å². The minimum absolute atomic E-state index is 0.0656. The molecule has 3 aromatic rings. The Morgan fingerprint density at radius 1 is 1.21 bits per heavy atom. The fourth-order valence-corrected chi connectivity index (χ4v) is 2.50. The van der Waals surface area contributed by atoms with E-state index in [1.54, 1.807) is 13.1 Å². The monoisotopic (exact) mass is 341 g/mol. The van der Waals surface area contributed by atoms with Crippen molar-refractivity contribution in [3.8, 4) is 22.8 Å². The van der Waals surface area contributed by atoms with E-state index in [0.29, 0.717) is 22.8 Å². The third kappa shape index (κ3) is 3.18. The Balaban J connectivity index is 2.04. The van der Waals surface area contributed by atoms with E-state index in [4.69, 9.17) is 16.3 Å². The van der Waals surface area contributed by atoms with Crippen molar-refractivity contribution < 1.29 is 9.66 Å². The highest BCUT2D eigenvalue weighted by Gasteiger charge is 2.18. The van der Waals surface area contributed by atoms with Gasteiger partial charge in [-0.1, -0.05) is 41.9 Å². The Labute approximate surface area is 142 Å². The van der Waals surface area contributed by atoms with Gasteiger partial charge in [0.2, 0.25) is 5.88 Å². The van der Waals surface area contributed by atoms with Crippen molar-refractivity contribution >= 4 is 17.3 Å². The first-order valence-corrected chi connectivity index (χ1v) is 7.42. The third-order valence-electron chi connectivity index (χ3n) is 3.41. The smallest absolute Gasteiger partial charge is 0.291 e. The van der Waals surface area contributed by atoms with Gasteiger partial charge >= 0.3 is 0 Å². The Kier molecular flexibility index (Phi) is 4.39. The van der Waals surface area contributed by atoms with E-state index in [2.05, 4.69) is 9.97 Å². The van der Waals surface area contributed by atoms with E-state index in [-0.39, 0.29) is 10.7 Å². The van der Waals surface area contributed by atoms with E-state index in [1.807, 2.05) is 30.3 Å². The highest BCUT2D eigenvalue weighted by atomic mass is 35.5. The van der Waals surface area contributed by atoms with Crippen molar-refractivity contribution in [3.63, 3.8) is 0 Å². The Morgan fingerprint density at radius 3 is 2.67 bits per heavy atom. The lowest BCUT2D eigenvalue weighted by atomic mass is 10.1. The third-order valence-corrected chi connectivity index (χ3v) is 3.71. The minimum atomic E-state index is -0.549. The van der Waals surface area contributed by atoms with Gasteiger partial charge in [-0.25, -0.2) is 9.97 Å². The number of aromatic nitrogens is 2. The number of hydrogen-bond acceptors (Lipinski definition) is 5. The predicted octanol–water partition coefficient (Wildman–Crippen LogP) is 4.81. The second kappa shape index (κ2) is 6.64. The van der Waals surface area contributed by atoms with Gasteiger partial charge in [0.15, 0.2) is 0 Å². The highest BCUT2D eigenvalue weighted by molar-refractivity contribution is 6.32. The molecule has 0 N–H and O–H groups in total. The summed E-state index contributed by atoms with van der Waals surface area (Å²) in [5, 5.41) is 11.1. The van der Waals surface area contributed by atoms with Crippen LogP contribution in [0.3, 0.4) is 0 Å². The van der Waals surface area contributed by atoms with Gasteiger partial charge in [0.25, 0.3) is 5.69 Å². The molecule has 0 saturated heterocycles. The van der Waals surface area contributed by atoms with Gasteiger partial charge in [0, 0.05) is 6.20 Å². The Hall–Kier alpha value is -2.99. The van der Waals surface area contributed by atoms with E-state index in [1.165, 1.54) is 18.5 Å². The van der Waals surface area contributed by atoms with Crippen LogP contribution >= 0.6 is 11.6 Å². The molecule has 6 nitrogen and oxygen atoms in total. The molecule has 3 rings (SSSR count). The number of nitro groups is 1. The summed E-state index contributed by atoms with van der Waals surface area (Å²) in [7, 11) is 0. The summed E-state index contributed by atoms with van der Waals surface area (Å²) in [5.41, 5.74) is 2.03. The summed E-state index contributed by atoms with van der Waals surface area (Å²) in [5.74, 6) is 0.637. The molecule has 7 heteroatoms. The largest absolute Gasteiger partial charge is 0.438 e. The highest BCUT2D eigenvalue weighted by Crippen LogP contribution is 2.36. The number of halogens is 1. The van der Waals surface area contributed by atoms with Crippen molar-refractivity contribution in [2.45, 2.75) is 6.92 Å². The topological polar surface area (TPSA) is 78.2 Å². The Morgan fingerprint density at radius 2 is 1.96 bits per heavy atom. The SMILES string of the molecule is Cc1cc(Cl)c([N+](=O)[O-])cc1Oc1ncncc1-c1ccccc1. The first-order valence-electron chi connectivity index (χ1n) is 7.04. The lowest BCUT2D eigenvalue weighted by Gasteiger charge is -2.11. The number of benzene rings is 2. The summed E-state index contributed by atoms with van der Waals surface area (Å²) >= 11 is 5.90. The standard InChI is InChI=1S/C17H12ClN3O3/c1-11-7-14(18)15(21(22)23)8-16(11)24-17-13(9-19-10-20-17)12-5-3-2-4-6-12/h2-10H,1H3. The second-order valence-electron chi connectivity index (χ2n) is 5.04. The first-order chi connectivity index (χ1) is 11.6. The number of rotatable bonds is 4. The van der Waals surface area contributed by atoms with Crippen molar-refractivity contribution in [2.75, 3.05) is 0 Å². The zero-order valence-electron chi connectivity index (χ0n) is 12.6. The molecule has 0 fully saturated rings. The number of nitrogens with zero attached hydrogens (tertiary/aromatic N) is 3. The first kappa shape index (κ1) is 15.9. The van der Waals surface area contributed by atoms with Gasteiger partial charge in [-0.2, -0.15) is 0 Å². The minimum Gasteiger partial charge on any atom is -0.438 e. The molecule has 0 saturated carbocycles. The summed E-state index contributed by atoms with van der Waals surface area (Å²) in [6.45, 7) is 1.76. The lowest BCUT2D eigenvalue weighted by Crippen LogP contribution is -1.97. The van der Waals surface area contributed by atoms with E-state index >= 15 is 0 Å². The maximum absolute atomic E-state index is 11.1. The molecule has 1 aromatic heterocycles. The van der Waals surface area contributed by atoms with Crippen LogP contribution in [0.15, 0.2) is 55.0 Å². The summed E-state index contributed by atoms with van der Waals surface area (Å²) < 4.78 is 5.83. The molecule has 0 spiro atoms.